The van der Waals surface area contributed by atoms with E-state index in [2.05, 4.69) is 16.8 Å². The molecule has 0 saturated carbocycles. The SMILES string of the molecule is CCOc1cc([C@H]2[C@H](c3ccccn3)N=C3SC[C@@H](CC)N32)cc([N+](=O)[O-])c1O. The van der Waals surface area contributed by atoms with Crippen LogP contribution in [-0.2, 0) is 0 Å². The number of nitro benzene ring substituents is 1. The Hall–Kier alpha value is -2.81. The van der Waals surface area contributed by atoms with Crippen LogP contribution in [0.5, 0.6) is 11.5 Å². The van der Waals surface area contributed by atoms with Crippen LogP contribution < -0.4 is 4.74 Å². The molecule has 0 spiro atoms. The molecule has 0 radical (unpaired) electrons. The standard InChI is InChI=1S/C20H22N4O4S/c1-3-13-11-29-20-22-17(14-7-5-6-8-21-14)18(23(13)20)12-9-15(24(26)27)19(25)16(10-12)28-4-2/h5-10,13,17-18,25H,3-4,11H2,1-2H3/t13-,17+,18+/m1/s1. The van der Waals surface area contributed by atoms with E-state index in [4.69, 9.17) is 9.73 Å². The molecule has 3 heterocycles. The van der Waals surface area contributed by atoms with E-state index >= 15 is 0 Å². The second kappa shape index (κ2) is 7.90. The number of rotatable bonds is 6. The van der Waals surface area contributed by atoms with Crippen molar-refractivity contribution in [2.45, 2.75) is 38.4 Å². The molecular formula is C20H22N4O4S. The van der Waals surface area contributed by atoms with Gasteiger partial charge < -0.3 is 14.7 Å². The smallest absolute Gasteiger partial charge is 0.315 e. The molecule has 0 unspecified atom stereocenters. The number of phenolic OH excluding ortho intramolecular Hbond substituents is 1. The topological polar surface area (TPSA) is 101 Å². The Morgan fingerprint density at radius 3 is 2.86 bits per heavy atom. The van der Waals surface area contributed by atoms with Crippen LogP contribution in [0.1, 0.15) is 43.6 Å². The number of amidine groups is 1. The maximum Gasteiger partial charge on any atom is 0.315 e. The Bertz CT molecular complexity index is 953. The first-order valence-corrected chi connectivity index (χ1v) is 10.6. The molecular weight excluding hydrogens is 392 g/mol. The largest absolute Gasteiger partial charge is 0.500 e. The lowest BCUT2D eigenvalue weighted by atomic mass is 9.94. The molecule has 1 N–H and O–H groups in total. The highest BCUT2D eigenvalue weighted by atomic mass is 32.2. The van der Waals surface area contributed by atoms with Crippen molar-refractivity contribution in [1.29, 1.82) is 0 Å². The number of aliphatic imine (C=N–C) groups is 1. The summed E-state index contributed by atoms with van der Waals surface area (Å²) < 4.78 is 5.50. The third kappa shape index (κ3) is 3.39. The van der Waals surface area contributed by atoms with Crippen LogP contribution in [0.3, 0.4) is 0 Å². The number of benzene rings is 1. The number of hydrogen-bond donors (Lipinski definition) is 1. The van der Waals surface area contributed by atoms with Gasteiger partial charge in [0.15, 0.2) is 10.9 Å². The molecule has 1 aromatic heterocycles. The maximum atomic E-state index is 11.6. The van der Waals surface area contributed by atoms with E-state index in [9.17, 15) is 15.2 Å². The molecule has 0 amide bonds. The Morgan fingerprint density at radius 1 is 1.38 bits per heavy atom. The predicted octanol–water partition coefficient (Wildman–Crippen LogP) is 4.07. The molecule has 152 valence electrons. The molecule has 2 aromatic rings. The maximum absolute atomic E-state index is 11.6. The molecule has 1 aromatic carbocycles. The highest BCUT2D eigenvalue weighted by Gasteiger charge is 2.46. The van der Waals surface area contributed by atoms with Gasteiger partial charge in [-0.1, -0.05) is 24.8 Å². The van der Waals surface area contributed by atoms with Gasteiger partial charge in [0.05, 0.1) is 23.3 Å². The highest BCUT2D eigenvalue weighted by Crippen LogP contribution is 2.50. The number of nitrogens with zero attached hydrogens (tertiary/aromatic N) is 4. The molecule has 1 saturated heterocycles. The van der Waals surface area contributed by atoms with Crippen molar-refractivity contribution in [2.75, 3.05) is 12.4 Å². The number of fused-ring (bicyclic) bond motifs is 1. The van der Waals surface area contributed by atoms with E-state index in [1.807, 2.05) is 18.2 Å². The summed E-state index contributed by atoms with van der Waals surface area (Å²) in [6.45, 7) is 4.20. The second-order valence-electron chi connectivity index (χ2n) is 6.91. The van der Waals surface area contributed by atoms with Gasteiger partial charge in [-0.3, -0.25) is 20.1 Å². The van der Waals surface area contributed by atoms with Crippen LogP contribution >= 0.6 is 11.8 Å². The molecule has 1 fully saturated rings. The molecule has 29 heavy (non-hydrogen) atoms. The number of aromatic nitrogens is 1. The molecule has 2 aliphatic heterocycles. The summed E-state index contributed by atoms with van der Waals surface area (Å²) in [5.74, 6) is 0.598. The minimum Gasteiger partial charge on any atom is -0.500 e. The van der Waals surface area contributed by atoms with Crippen LogP contribution in [0.15, 0.2) is 41.5 Å². The van der Waals surface area contributed by atoms with E-state index in [1.165, 1.54) is 6.07 Å². The quantitative estimate of drug-likeness (QED) is 0.561. The fraction of sp³-hybridized carbons (Fsp3) is 0.400. The normalized spacial score (nSPS) is 23.0. The summed E-state index contributed by atoms with van der Waals surface area (Å²) in [5.41, 5.74) is 1.14. The van der Waals surface area contributed by atoms with E-state index < -0.39 is 10.7 Å². The molecule has 0 aliphatic carbocycles. The number of ether oxygens (including phenoxy) is 1. The summed E-state index contributed by atoms with van der Waals surface area (Å²) in [4.78, 5) is 22.7. The van der Waals surface area contributed by atoms with Crippen LogP contribution in [-0.4, -0.2) is 43.5 Å². The van der Waals surface area contributed by atoms with Crippen LogP contribution in [0.4, 0.5) is 5.69 Å². The van der Waals surface area contributed by atoms with Gasteiger partial charge in [0.1, 0.15) is 6.04 Å². The lowest BCUT2D eigenvalue weighted by Gasteiger charge is -2.32. The first-order chi connectivity index (χ1) is 14.0. The molecule has 3 atom stereocenters. The average Bonchev–Trinajstić information content (AvgIpc) is 3.29. The number of phenols is 1. The van der Waals surface area contributed by atoms with Gasteiger partial charge in [-0.15, -0.1) is 0 Å². The number of nitro groups is 1. The third-order valence-corrected chi connectivity index (χ3v) is 6.37. The predicted molar refractivity (Wildman–Crippen MR) is 111 cm³/mol. The van der Waals surface area contributed by atoms with E-state index in [-0.39, 0.29) is 29.6 Å². The Balaban J connectivity index is 1.86. The number of aromatic hydroxyl groups is 1. The number of pyridine rings is 1. The summed E-state index contributed by atoms with van der Waals surface area (Å²) in [5, 5.41) is 22.8. The van der Waals surface area contributed by atoms with E-state index in [0.29, 0.717) is 12.2 Å². The Labute approximate surface area is 172 Å². The minimum atomic E-state index is -0.579. The molecule has 2 aliphatic rings. The van der Waals surface area contributed by atoms with E-state index in [1.54, 1.807) is 30.9 Å². The molecule has 9 heteroatoms. The zero-order chi connectivity index (χ0) is 20.5. The fourth-order valence-electron chi connectivity index (χ4n) is 3.90. The second-order valence-corrected chi connectivity index (χ2v) is 7.90. The molecule has 0 bridgehead atoms. The average molecular weight is 414 g/mol. The Kier molecular flexibility index (Phi) is 5.31. The molecule has 8 nitrogen and oxygen atoms in total. The lowest BCUT2D eigenvalue weighted by molar-refractivity contribution is -0.386. The summed E-state index contributed by atoms with van der Waals surface area (Å²) in [6, 6.07) is 8.56. The fourth-order valence-corrected chi connectivity index (χ4v) is 5.24. The summed E-state index contributed by atoms with van der Waals surface area (Å²) >= 11 is 1.70. The van der Waals surface area contributed by atoms with Crippen molar-refractivity contribution >= 4 is 22.6 Å². The van der Waals surface area contributed by atoms with Crippen molar-refractivity contribution in [3.05, 3.63) is 57.9 Å². The first-order valence-electron chi connectivity index (χ1n) is 9.59. The van der Waals surface area contributed by atoms with Crippen LogP contribution in [0, 0.1) is 10.1 Å². The van der Waals surface area contributed by atoms with E-state index in [0.717, 1.165) is 23.0 Å². The van der Waals surface area contributed by atoms with Gasteiger partial charge in [-0.05, 0) is 37.1 Å². The highest BCUT2D eigenvalue weighted by molar-refractivity contribution is 8.14. The van der Waals surface area contributed by atoms with Gasteiger partial charge in [0.2, 0.25) is 5.75 Å². The van der Waals surface area contributed by atoms with Crippen molar-refractivity contribution in [2.24, 2.45) is 4.99 Å². The van der Waals surface area contributed by atoms with Crippen molar-refractivity contribution in [3.8, 4) is 11.5 Å². The zero-order valence-corrected chi connectivity index (χ0v) is 17.0. The number of hydrogen-bond acceptors (Lipinski definition) is 8. The van der Waals surface area contributed by atoms with Crippen LogP contribution in [0.25, 0.3) is 0 Å². The monoisotopic (exact) mass is 414 g/mol. The summed E-state index contributed by atoms with van der Waals surface area (Å²) in [6.07, 6.45) is 2.67. The van der Waals surface area contributed by atoms with Crippen LogP contribution in [0.2, 0.25) is 0 Å². The zero-order valence-electron chi connectivity index (χ0n) is 16.2. The summed E-state index contributed by atoms with van der Waals surface area (Å²) in [7, 11) is 0. The lowest BCUT2D eigenvalue weighted by Crippen LogP contribution is -2.35. The van der Waals surface area contributed by atoms with Gasteiger partial charge in [-0.2, -0.15) is 0 Å². The van der Waals surface area contributed by atoms with Crippen molar-refractivity contribution in [1.82, 2.24) is 9.88 Å². The minimum absolute atomic E-state index is 0.116. The van der Waals surface area contributed by atoms with Gasteiger partial charge in [-0.25, -0.2) is 0 Å². The first kappa shape index (κ1) is 19.5. The van der Waals surface area contributed by atoms with Gasteiger partial charge in [0.25, 0.3) is 0 Å². The van der Waals surface area contributed by atoms with Gasteiger partial charge >= 0.3 is 5.69 Å². The van der Waals surface area contributed by atoms with Gasteiger partial charge in [0, 0.05) is 24.1 Å². The number of thioether (sulfide) groups is 1. The Morgan fingerprint density at radius 2 is 2.21 bits per heavy atom. The molecule has 4 rings (SSSR count). The third-order valence-electron chi connectivity index (χ3n) is 5.24. The van der Waals surface area contributed by atoms with Crippen molar-refractivity contribution in [3.63, 3.8) is 0 Å². The van der Waals surface area contributed by atoms with Crippen molar-refractivity contribution < 1.29 is 14.8 Å².